The zero-order valence-electron chi connectivity index (χ0n) is 11.5. The summed E-state index contributed by atoms with van der Waals surface area (Å²) >= 11 is 0. The summed E-state index contributed by atoms with van der Waals surface area (Å²) in [5.41, 5.74) is 0. The van der Waals surface area contributed by atoms with Crippen LogP contribution in [0.1, 0.15) is 26.2 Å². The van der Waals surface area contributed by atoms with Crippen LogP contribution in [0.2, 0.25) is 0 Å². The standard InChI is InChI=1S/C13H23NO4/c1-4-7-13(17)18-11-6-10-14(2,3)9-5-8-12(15)16/h4,7H,5-6,8-11H2,1-3H3. The average molecular weight is 257 g/mol. The molecule has 0 unspecified atom stereocenters. The van der Waals surface area contributed by atoms with Gasteiger partial charge in [0.25, 0.3) is 0 Å². The second-order valence-corrected chi connectivity index (χ2v) is 4.88. The number of carbonyl (C=O) groups is 2. The number of aliphatic carboxylic acids is 1. The van der Waals surface area contributed by atoms with Crippen LogP contribution in [-0.2, 0) is 14.3 Å². The van der Waals surface area contributed by atoms with Crippen LogP contribution in [0.3, 0.4) is 0 Å². The summed E-state index contributed by atoms with van der Waals surface area (Å²) < 4.78 is 5.70. The van der Waals surface area contributed by atoms with Crippen LogP contribution >= 0.6 is 0 Å². The van der Waals surface area contributed by atoms with Crippen LogP contribution in [0.15, 0.2) is 12.2 Å². The topological polar surface area (TPSA) is 66.4 Å². The summed E-state index contributed by atoms with van der Waals surface area (Å²) in [4.78, 5) is 21.3. The number of carboxylic acids is 1. The molecule has 0 N–H and O–H groups in total. The van der Waals surface area contributed by atoms with Gasteiger partial charge in [0.2, 0.25) is 0 Å². The number of carbonyl (C=O) groups excluding carboxylic acids is 2. The largest absolute Gasteiger partial charge is 0.550 e. The van der Waals surface area contributed by atoms with Crippen molar-refractivity contribution in [2.45, 2.75) is 26.2 Å². The Bertz CT molecular complexity index is 297. The van der Waals surface area contributed by atoms with Crippen LogP contribution in [0.5, 0.6) is 0 Å². The van der Waals surface area contributed by atoms with Gasteiger partial charge in [-0.1, -0.05) is 6.08 Å². The molecule has 0 aliphatic carbocycles. The summed E-state index contributed by atoms with van der Waals surface area (Å²) in [7, 11) is 4.06. The molecule has 0 bridgehead atoms. The monoisotopic (exact) mass is 257 g/mol. The van der Waals surface area contributed by atoms with E-state index < -0.39 is 5.97 Å². The Balaban J connectivity index is 3.69. The molecule has 5 heteroatoms. The van der Waals surface area contributed by atoms with Gasteiger partial charge in [0.15, 0.2) is 0 Å². The van der Waals surface area contributed by atoms with Gasteiger partial charge in [-0.15, -0.1) is 0 Å². The molecule has 0 spiro atoms. The van der Waals surface area contributed by atoms with Crippen LogP contribution < -0.4 is 5.11 Å². The highest BCUT2D eigenvalue weighted by molar-refractivity contribution is 5.81. The zero-order chi connectivity index (χ0) is 14.0. The molecule has 0 amide bonds. The molecule has 0 aromatic carbocycles. The Morgan fingerprint density at radius 3 is 2.39 bits per heavy atom. The maximum absolute atomic E-state index is 11.0. The lowest BCUT2D eigenvalue weighted by atomic mass is 10.2. The van der Waals surface area contributed by atoms with Gasteiger partial charge in [-0.3, -0.25) is 0 Å². The normalized spacial score (nSPS) is 11.7. The second kappa shape index (κ2) is 8.69. The van der Waals surface area contributed by atoms with Crippen molar-refractivity contribution in [1.82, 2.24) is 0 Å². The van der Waals surface area contributed by atoms with E-state index in [1.54, 1.807) is 13.0 Å². The van der Waals surface area contributed by atoms with Crippen LogP contribution in [0, 0.1) is 0 Å². The highest BCUT2D eigenvalue weighted by atomic mass is 16.5. The molecule has 0 aromatic rings. The first-order valence-corrected chi connectivity index (χ1v) is 6.18. The van der Waals surface area contributed by atoms with Gasteiger partial charge in [-0.25, -0.2) is 4.79 Å². The lowest BCUT2D eigenvalue weighted by Gasteiger charge is -2.29. The molecule has 0 aromatic heterocycles. The number of nitrogens with zero attached hydrogens (tertiary/aromatic N) is 1. The number of quaternary nitrogens is 1. The second-order valence-electron chi connectivity index (χ2n) is 4.88. The van der Waals surface area contributed by atoms with Gasteiger partial charge >= 0.3 is 5.97 Å². The van der Waals surface area contributed by atoms with Crippen LogP contribution in [-0.4, -0.2) is 50.2 Å². The van der Waals surface area contributed by atoms with Crippen LogP contribution in [0.4, 0.5) is 0 Å². The first kappa shape index (κ1) is 16.6. The van der Waals surface area contributed by atoms with E-state index in [-0.39, 0.29) is 12.4 Å². The third-order valence-corrected chi connectivity index (χ3v) is 2.60. The zero-order valence-corrected chi connectivity index (χ0v) is 11.5. The van der Waals surface area contributed by atoms with E-state index in [4.69, 9.17) is 4.74 Å². The highest BCUT2D eigenvalue weighted by Crippen LogP contribution is 2.03. The van der Waals surface area contributed by atoms with Gasteiger partial charge < -0.3 is 19.1 Å². The number of allylic oxidation sites excluding steroid dienone is 1. The molecule has 0 saturated carbocycles. The third-order valence-electron chi connectivity index (χ3n) is 2.60. The summed E-state index contributed by atoms with van der Waals surface area (Å²) in [6, 6.07) is 0. The fraction of sp³-hybridized carbons (Fsp3) is 0.692. The van der Waals surface area contributed by atoms with Gasteiger partial charge in [-0.05, 0) is 13.3 Å². The Labute approximate surface area is 109 Å². The Kier molecular flexibility index (Phi) is 8.03. The molecule has 0 radical (unpaired) electrons. The SMILES string of the molecule is CC=CC(=O)OCCC[N+](C)(C)CCCC(=O)[O-]. The molecule has 0 saturated heterocycles. The van der Waals surface area contributed by atoms with E-state index in [1.165, 1.54) is 6.08 Å². The van der Waals surface area contributed by atoms with Crippen molar-refractivity contribution in [3.63, 3.8) is 0 Å². The minimum Gasteiger partial charge on any atom is -0.550 e. The van der Waals surface area contributed by atoms with Crippen molar-refractivity contribution in [3.05, 3.63) is 12.2 Å². The summed E-state index contributed by atoms with van der Waals surface area (Å²) in [6.45, 7) is 3.77. The Hall–Kier alpha value is -1.36. The van der Waals surface area contributed by atoms with Crippen molar-refractivity contribution in [2.75, 3.05) is 33.8 Å². The molecule has 0 aliphatic heterocycles. The fourth-order valence-corrected chi connectivity index (χ4v) is 1.61. The van der Waals surface area contributed by atoms with Gasteiger partial charge in [0.1, 0.15) is 0 Å². The van der Waals surface area contributed by atoms with Crippen LogP contribution in [0.25, 0.3) is 0 Å². The highest BCUT2D eigenvalue weighted by Gasteiger charge is 2.14. The van der Waals surface area contributed by atoms with E-state index >= 15 is 0 Å². The molecule has 18 heavy (non-hydrogen) atoms. The van der Waals surface area contributed by atoms with Crippen molar-refractivity contribution in [2.24, 2.45) is 0 Å². The quantitative estimate of drug-likeness (QED) is 0.254. The van der Waals surface area contributed by atoms with Crippen molar-refractivity contribution in [3.8, 4) is 0 Å². The number of carboxylic acid groups (broad SMARTS) is 1. The first-order chi connectivity index (χ1) is 8.37. The molecule has 5 nitrogen and oxygen atoms in total. The molecule has 0 fully saturated rings. The third kappa shape index (κ3) is 9.84. The Morgan fingerprint density at radius 2 is 1.83 bits per heavy atom. The van der Waals surface area contributed by atoms with Crippen molar-refractivity contribution < 1.29 is 23.9 Å². The average Bonchev–Trinajstić information content (AvgIpc) is 2.24. The molecule has 104 valence electrons. The Morgan fingerprint density at radius 1 is 1.22 bits per heavy atom. The fourth-order valence-electron chi connectivity index (χ4n) is 1.61. The van der Waals surface area contributed by atoms with Crippen molar-refractivity contribution in [1.29, 1.82) is 0 Å². The number of ether oxygens (including phenoxy) is 1. The van der Waals surface area contributed by atoms with E-state index in [1.807, 2.05) is 14.1 Å². The predicted molar refractivity (Wildman–Crippen MR) is 66.5 cm³/mol. The number of rotatable bonds is 9. The lowest BCUT2D eigenvalue weighted by molar-refractivity contribution is -0.890. The maximum Gasteiger partial charge on any atom is 0.330 e. The molecule has 0 heterocycles. The van der Waals surface area contributed by atoms with E-state index in [9.17, 15) is 14.7 Å². The molecular weight excluding hydrogens is 234 g/mol. The number of hydrogen-bond donors (Lipinski definition) is 0. The molecular formula is C13H23NO4. The minimum atomic E-state index is -1.00. The maximum atomic E-state index is 11.0. The molecule has 0 aliphatic rings. The first-order valence-electron chi connectivity index (χ1n) is 6.18. The smallest absolute Gasteiger partial charge is 0.330 e. The summed E-state index contributed by atoms with van der Waals surface area (Å²) in [6.07, 6.45) is 4.50. The van der Waals surface area contributed by atoms with E-state index in [0.717, 1.165) is 19.5 Å². The molecule has 0 atom stereocenters. The van der Waals surface area contributed by atoms with E-state index in [0.29, 0.717) is 17.5 Å². The predicted octanol–water partition coefficient (Wildman–Crippen LogP) is 0.102. The molecule has 0 rings (SSSR count). The number of esters is 1. The van der Waals surface area contributed by atoms with Gasteiger partial charge in [0.05, 0.1) is 33.8 Å². The van der Waals surface area contributed by atoms with E-state index in [2.05, 4.69) is 0 Å². The van der Waals surface area contributed by atoms with Crippen molar-refractivity contribution >= 4 is 11.9 Å². The lowest BCUT2D eigenvalue weighted by Crippen LogP contribution is -2.42. The summed E-state index contributed by atoms with van der Waals surface area (Å²) in [5, 5.41) is 10.3. The van der Waals surface area contributed by atoms with Gasteiger partial charge in [-0.2, -0.15) is 0 Å². The number of hydrogen-bond acceptors (Lipinski definition) is 4. The van der Waals surface area contributed by atoms with Gasteiger partial charge in [0, 0.05) is 24.9 Å². The minimum absolute atomic E-state index is 0.0952. The summed E-state index contributed by atoms with van der Waals surface area (Å²) in [5.74, 6) is -1.32.